The van der Waals surface area contributed by atoms with Gasteiger partial charge in [-0.05, 0) is 18.2 Å². The Morgan fingerprint density at radius 1 is 1.03 bits per heavy atom. The minimum Gasteiger partial charge on any atom is -0.383 e. The van der Waals surface area contributed by atoms with Crippen LogP contribution in [0.25, 0.3) is 22.5 Å². The molecule has 1 saturated heterocycles. The van der Waals surface area contributed by atoms with Crippen LogP contribution in [-0.2, 0) is 14.6 Å². The zero-order valence-electron chi connectivity index (χ0n) is 16.3. The summed E-state index contributed by atoms with van der Waals surface area (Å²) in [6.07, 6.45) is 2.68. The molecule has 0 aliphatic carbocycles. The molecule has 0 unspecified atom stereocenters. The van der Waals surface area contributed by atoms with Gasteiger partial charge < -0.3 is 21.1 Å². The number of nitrogen functional groups attached to an aromatic ring is 2. The van der Waals surface area contributed by atoms with Crippen LogP contribution in [0, 0.1) is 0 Å². The van der Waals surface area contributed by atoms with E-state index >= 15 is 0 Å². The molecule has 1 aliphatic heterocycles. The van der Waals surface area contributed by atoms with E-state index in [9.17, 15) is 8.42 Å². The fraction of sp³-hybridized carbons (Fsp3) is 0.263. The normalized spacial score (nSPS) is 14.6. The Labute approximate surface area is 173 Å². The van der Waals surface area contributed by atoms with E-state index in [-0.39, 0.29) is 16.7 Å². The van der Waals surface area contributed by atoms with E-state index in [1.807, 2.05) is 4.90 Å². The van der Waals surface area contributed by atoms with Crippen molar-refractivity contribution in [3.63, 3.8) is 0 Å². The van der Waals surface area contributed by atoms with E-state index in [1.165, 1.54) is 12.5 Å². The first-order valence-corrected chi connectivity index (χ1v) is 11.1. The van der Waals surface area contributed by atoms with E-state index in [4.69, 9.17) is 16.2 Å². The van der Waals surface area contributed by atoms with Crippen LogP contribution in [0.15, 0.2) is 41.4 Å². The second-order valence-corrected chi connectivity index (χ2v) is 8.88. The highest BCUT2D eigenvalue weighted by Gasteiger charge is 2.19. The first-order valence-electron chi connectivity index (χ1n) is 9.22. The summed E-state index contributed by atoms with van der Waals surface area (Å²) in [5, 5.41) is 0. The van der Waals surface area contributed by atoms with Crippen LogP contribution in [0.5, 0.6) is 0 Å². The number of anilines is 3. The van der Waals surface area contributed by atoms with Crippen LogP contribution in [0.3, 0.4) is 0 Å². The SMILES string of the molecule is CS(=O)(=O)c1cccc(-c2cc(-c3cnc(N)nc3N)nc(N3CCOCC3)n2)c1. The Morgan fingerprint density at radius 2 is 1.77 bits per heavy atom. The number of sulfone groups is 1. The summed E-state index contributed by atoms with van der Waals surface area (Å²) in [4.78, 5) is 19.6. The molecule has 4 N–H and O–H groups in total. The lowest BCUT2D eigenvalue weighted by atomic mass is 10.1. The third kappa shape index (κ3) is 4.16. The third-order valence-corrected chi connectivity index (χ3v) is 5.79. The van der Waals surface area contributed by atoms with Crippen LogP contribution in [0.2, 0.25) is 0 Å². The molecule has 156 valence electrons. The quantitative estimate of drug-likeness (QED) is 0.617. The molecule has 0 spiro atoms. The lowest BCUT2D eigenvalue weighted by Gasteiger charge is -2.27. The van der Waals surface area contributed by atoms with Crippen LogP contribution < -0.4 is 16.4 Å². The summed E-state index contributed by atoms with van der Waals surface area (Å²) in [6.45, 7) is 2.42. The second-order valence-electron chi connectivity index (χ2n) is 6.86. The van der Waals surface area contributed by atoms with Crippen molar-refractivity contribution in [3.05, 3.63) is 36.5 Å². The summed E-state index contributed by atoms with van der Waals surface area (Å²) in [5.41, 5.74) is 13.9. The molecule has 30 heavy (non-hydrogen) atoms. The molecule has 0 saturated carbocycles. The molecule has 3 aromatic rings. The molecule has 11 heteroatoms. The van der Waals surface area contributed by atoms with Gasteiger partial charge in [-0.2, -0.15) is 4.98 Å². The molecule has 3 heterocycles. The smallest absolute Gasteiger partial charge is 0.226 e. The lowest BCUT2D eigenvalue weighted by molar-refractivity contribution is 0.122. The van der Waals surface area contributed by atoms with E-state index in [0.29, 0.717) is 54.8 Å². The van der Waals surface area contributed by atoms with Gasteiger partial charge in [0.2, 0.25) is 11.9 Å². The lowest BCUT2D eigenvalue weighted by Crippen LogP contribution is -2.37. The largest absolute Gasteiger partial charge is 0.383 e. The van der Waals surface area contributed by atoms with Gasteiger partial charge in [-0.25, -0.2) is 23.4 Å². The molecule has 10 nitrogen and oxygen atoms in total. The van der Waals surface area contributed by atoms with E-state index in [0.717, 1.165) is 0 Å². The van der Waals surface area contributed by atoms with Gasteiger partial charge in [0.15, 0.2) is 9.84 Å². The van der Waals surface area contributed by atoms with Gasteiger partial charge in [0.1, 0.15) is 5.82 Å². The van der Waals surface area contributed by atoms with Crippen LogP contribution >= 0.6 is 0 Å². The van der Waals surface area contributed by atoms with E-state index in [2.05, 4.69) is 19.9 Å². The summed E-state index contributed by atoms with van der Waals surface area (Å²) in [5.74, 6) is 0.761. The highest BCUT2D eigenvalue weighted by Crippen LogP contribution is 2.30. The number of hydrogen-bond donors (Lipinski definition) is 2. The number of ether oxygens (including phenoxy) is 1. The van der Waals surface area contributed by atoms with Gasteiger partial charge in [-0.3, -0.25) is 0 Å². The van der Waals surface area contributed by atoms with Gasteiger partial charge in [-0.15, -0.1) is 0 Å². The highest BCUT2D eigenvalue weighted by atomic mass is 32.2. The number of hydrogen-bond acceptors (Lipinski definition) is 10. The Kier molecular flexibility index (Phi) is 5.22. The first kappa shape index (κ1) is 20.0. The number of nitrogens with two attached hydrogens (primary N) is 2. The maximum atomic E-state index is 12.0. The molecule has 2 aromatic heterocycles. The number of aromatic nitrogens is 4. The topological polar surface area (TPSA) is 150 Å². The summed E-state index contributed by atoms with van der Waals surface area (Å²) < 4.78 is 29.4. The predicted molar refractivity (Wildman–Crippen MR) is 113 cm³/mol. The summed E-state index contributed by atoms with van der Waals surface area (Å²) >= 11 is 0. The van der Waals surface area contributed by atoms with Crippen molar-refractivity contribution >= 4 is 27.6 Å². The van der Waals surface area contributed by atoms with Crippen LogP contribution in [0.4, 0.5) is 17.7 Å². The highest BCUT2D eigenvalue weighted by molar-refractivity contribution is 7.90. The van der Waals surface area contributed by atoms with Crippen LogP contribution in [0.1, 0.15) is 0 Å². The molecule has 0 radical (unpaired) electrons. The molecule has 1 aliphatic rings. The zero-order valence-corrected chi connectivity index (χ0v) is 17.1. The average Bonchev–Trinajstić information content (AvgIpc) is 2.73. The minimum absolute atomic E-state index is 0.0692. The van der Waals surface area contributed by atoms with Gasteiger partial charge in [0.05, 0.1) is 35.1 Å². The fourth-order valence-corrected chi connectivity index (χ4v) is 3.78. The maximum absolute atomic E-state index is 12.0. The number of rotatable bonds is 4. The van der Waals surface area contributed by atoms with Crippen LogP contribution in [-0.4, -0.2) is 60.9 Å². The van der Waals surface area contributed by atoms with Gasteiger partial charge in [-0.1, -0.05) is 12.1 Å². The molecule has 0 amide bonds. The Hall–Kier alpha value is -3.31. The van der Waals surface area contributed by atoms with Crippen molar-refractivity contribution < 1.29 is 13.2 Å². The molecule has 1 fully saturated rings. The zero-order chi connectivity index (χ0) is 21.3. The van der Waals surface area contributed by atoms with Crippen molar-refractivity contribution in [1.29, 1.82) is 0 Å². The van der Waals surface area contributed by atoms with Crippen molar-refractivity contribution in [2.45, 2.75) is 4.90 Å². The number of nitrogens with zero attached hydrogens (tertiary/aromatic N) is 5. The molecule has 1 aromatic carbocycles. The molecule has 4 rings (SSSR count). The third-order valence-electron chi connectivity index (χ3n) is 4.68. The molecule has 0 bridgehead atoms. The van der Waals surface area contributed by atoms with Crippen molar-refractivity contribution in [1.82, 2.24) is 19.9 Å². The van der Waals surface area contributed by atoms with Gasteiger partial charge in [0.25, 0.3) is 0 Å². The van der Waals surface area contributed by atoms with Gasteiger partial charge >= 0.3 is 0 Å². The average molecular weight is 427 g/mol. The first-order chi connectivity index (χ1) is 14.3. The van der Waals surface area contributed by atoms with Gasteiger partial charge in [0, 0.05) is 31.1 Å². The predicted octanol–water partition coefficient (Wildman–Crippen LogP) is 1.01. The Bertz CT molecular complexity index is 1190. The number of morpholine rings is 1. The molecular formula is C19H21N7O3S. The number of benzene rings is 1. The van der Waals surface area contributed by atoms with Crippen molar-refractivity contribution in [2.24, 2.45) is 0 Å². The Morgan fingerprint density at radius 3 is 2.47 bits per heavy atom. The molecule has 0 atom stereocenters. The monoisotopic (exact) mass is 427 g/mol. The van der Waals surface area contributed by atoms with E-state index in [1.54, 1.807) is 30.3 Å². The maximum Gasteiger partial charge on any atom is 0.226 e. The second kappa shape index (κ2) is 7.84. The van der Waals surface area contributed by atoms with Crippen molar-refractivity contribution in [3.8, 4) is 22.5 Å². The minimum atomic E-state index is -3.36. The van der Waals surface area contributed by atoms with E-state index < -0.39 is 9.84 Å². The Balaban J connectivity index is 1.88. The fourth-order valence-electron chi connectivity index (χ4n) is 3.12. The standard InChI is InChI=1S/C19H21N7O3S/c1-30(27,28)13-4-2-3-12(9-13)15-10-16(14-11-22-18(21)25-17(14)20)24-19(23-15)26-5-7-29-8-6-26/h2-4,9-11H,5-8H2,1H3,(H4,20,21,22,25). The molecular weight excluding hydrogens is 406 g/mol. The summed E-state index contributed by atoms with van der Waals surface area (Å²) in [6, 6.07) is 8.36. The van der Waals surface area contributed by atoms with Crippen molar-refractivity contribution in [2.75, 3.05) is 48.9 Å². The summed E-state index contributed by atoms with van der Waals surface area (Å²) in [7, 11) is -3.36.